The first kappa shape index (κ1) is 54.6. The fourth-order valence-corrected chi connectivity index (χ4v) is 12.3. The summed E-state index contributed by atoms with van der Waals surface area (Å²) >= 11 is 8.41. The van der Waals surface area contributed by atoms with Gasteiger partial charge < -0.3 is 9.84 Å². The van der Waals surface area contributed by atoms with Crippen LogP contribution in [-0.4, -0.2) is 95.2 Å². The van der Waals surface area contributed by atoms with E-state index in [-0.39, 0.29) is 92.2 Å². The van der Waals surface area contributed by atoms with Gasteiger partial charge in [-0.15, -0.1) is 37.3 Å². The number of aromatic hydroxyl groups is 1. The van der Waals surface area contributed by atoms with Gasteiger partial charge in [-0.3, -0.25) is 22.6 Å². The van der Waals surface area contributed by atoms with Crippen LogP contribution in [-0.2, 0) is 40.5 Å². The van der Waals surface area contributed by atoms with E-state index < -0.39 is 72.7 Å². The molecule has 0 aliphatic heterocycles. The number of rotatable bonds is 18. The highest BCUT2D eigenvalue weighted by Gasteiger charge is 2.25. The second-order valence-electron chi connectivity index (χ2n) is 16.3. The van der Waals surface area contributed by atoms with E-state index in [1.165, 1.54) is 36.9 Å². The Morgan fingerprint density at radius 3 is 2.05 bits per heavy atom. The molecule has 0 radical (unpaired) electrons. The molecule has 0 unspecified atom stereocenters. The van der Waals surface area contributed by atoms with Crippen molar-refractivity contribution in [3.05, 3.63) is 94.0 Å². The van der Waals surface area contributed by atoms with Gasteiger partial charge in [-0.25, -0.2) is 9.97 Å². The van der Waals surface area contributed by atoms with Crippen LogP contribution in [0.5, 0.6) is 11.6 Å². The fourth-order valence-electron chi connectivity index (χ4n) is 7.49. The van der Waals surface area contributed by atoms with Crippen molar-refractivity contribution in [3.8, 4) is 17.7 Å². The molecular weight excluding hydrogens is 1120 g/mol. The number of pyridine rings is 1. The summed E-state index contributed by atoms with van der Waals surface area (Å²) in [5, 5.41) is 49.0. The minimum Gasteiger partial charge on any atom is -0.493 e. The van der Waals surface area contributed by atoms with Crippen molar-refractivity contribution in [2.24, 2.45) is 30.7 Å². The van der Waals surface area contributed by atoms with E-state index >= 15 is 0 Å². The van der Waals surface area contributed by atoms with E-state index in [0.717, 1.165) is 27.9 Å². The maximum atomic E-state index is 12.4. The van der Waals surface area contributed by atoms with Gasteiger partial charge in [-0.05, 0) is 92.3 Å². The first-order valence-corrected chi connectivity index (χ1v) is 29.7. The molecule has 8 rings (SSSR count). The maximum absolute atomic E-state index is 12.4. The van der Waals surface area contributed by atoms with E-state index in [2.05, 4.69) is 40.7 Å². The van der Waals surface area contributed by atoms with Crippen LogP contribution in [0, 0.1) is 32.1 Å². The minimum atomic E-state index is -4.78. The van der Waals surface area contributed by atoms with Crippen LogP contribution in [0.1, 0.15) is 35.1 Å². The number of aryl methyl sites for hydroxylation is 2. The molecule has 0 bridgehead atoms. The lowest BCUT2D eigenvalue weighted by Crippen LogP contribution is -2.08. The Labute approximate surface area is 439 Å². The molecule has 8 aromatic rings. The van der Waals surface area contributed by atoms with Gasteiger partial charge >= 0.3 is 0 Å². The topological polar surface area (TPSA) is 375 Å². The summed E-state index contributed by atoms with van der Waals surface area (Å²) in [4.78, 5) is 8.08. The third-order valence-electron chi connectivity index (χ3n) is 11.0. The summed E-state index contributed by atoms with van der Waals surface area (Å²) in [5.41, 5.74) is 1.48. The van der Waals surface area contributed by atoms with Crippen molar-refractivity contribution in [2.45, 2.75) is 48.3 Å². The Morgan fingerprint density at radius 2 is 1.37 bits per heavy atom. The Bertz CT molecular complexity index is 4290. The highest BCUT2D eigenvalue weighted by molar-refractivity contribution is 7.99. The minimum absolute atomic E-state index is 0.00899. The number of thioether (sulfide) groups is 1. The molecular formula is C44H37ClN10O14S6. The summed E-state index contributed by atoms with van der Waals surface area (Å²) < 4.78 is 141. The zero-order valence-electron chi connectivity index (χ0n) is 38.8. The summed E-state index contributed by atoms with van der Waals surface area (Å²) in [5.74, 6) is -1.60. The second-order valence-corrected chi connectivity index (χ2v) is 24.8. The third kappa shape index (κ3) is 12.2. The molecule has 5 N–H and O–H groups in total. The van der Waals surface area contributed by atoms with Crippen LogP contribution >= 0.6 is 34.7 Å². The van der Waals surface area contributed by atoms with Crippen LogP contribution in [0.3, 0.4) is 0 Å². The molecule has 24 nitrogen and oxygen atoms in total. The highest BCUT2D eigenvalue weighted by atomic mass is 35.5. The highest BCUT2D eigenvalue weighted by Crippen LogP contribution is 2.44. The van der Waals surface area contributed by atoms with Gasteiger partial charge in [0.2, 0.25) is 11.0 Å². The van der Waals surface area contributed by atoms with Crippen LogP contribution in [0.2, 0.25) is 5.02 Å². The zero-order chi connectivity index (χ0) is 54.4. The van der Waals surface area contributed by atoms with Gasteiger partial charge in [-0.1, -0.05) is 47.2 Å². The quantitative estimate of drug-likeness (QED) is 0.0230. The SMILES string of the molecule is Cc1cc(N=Nc2cc(OCCCS(=O)(=O)O)c(N=Nc3c(C)c(C#N)c4nc5cc(S(=O)(=O)O)c(Cl)cc5n4c3O)cc2C)c(SCCCS(=O)(=O)O)cc1N=Nc1nc2c(S(=O)(=O)O)cc3ccccc3c2s1. The first-order valence-electron chi connectivity index (χ1n) is 21.5. The first-order chi connectivity index (χ1) is 35.2. The Hall–Kier alpha value is -6.63. The largest absolute Gasteiger partial charge is 0.493 e. The van der Waals surface area contributed by atoms with Crippen molar-refractivity contribution < 1.29 is 61.7 Å². The van der Waals surface area contributed by atoms with Gasteiger partial charge in [0.1, 0.15) is 38.4 Å². The van der Waals surface area contributed by atoms with Crippen molar-refractivity contribution in [3.63, 3.8) is 0 Å². The number of ether oxygens (including phenoxy) is 1. The summed E-state index contributed by atoms with van der Waals surface area (Å²) in [6.07, 6.45) is -0.122. The van der Waals surface area contributed by atoms with Gasteiger partial charge in [0.15, 0.2) is 11.3 Å². The van der Waals surface area contributed by atoms with Crippen LogP contribution < -0.4 is 4.74 Å². The standard InChI is InChI=1S/C44H37ClN10O14S6/c1-22-14-32(51-53-39-24(3)27(21-46)42-47-31-20-37(74(63,64)65)28(45)17-34(31)55(42)43(39)56)35(69-10-6-12-72(57,58)59)18-29(22)49-52-33-15-23(2)30(19-36(33)70-11-7-13-73(60,61)62)50-54-44-48-40-38(75(66,67)68)16-25-8-4-5-9-26(25)41(40)71-44/h4-5,8-9,14-20,56H,6-7,10-13H2,1-3H3,(H,57,58,59)(H,60,61,62)(H,63,64,65)(H,66,67,68). The molecule has 3 heterocycles. The van der Waals surface area contributed by atoms with Gasteiger partial charge in [0, 0.05) is 21.9 Å². The molecule has 31 heteroatoms. The molecule has 0 aliphatic rings. The number of benzene rings is 5. The fraction of sp³-hybridized carbons (Fsp3) is 0.205. The molecule has 390 valence electrons. The van der Waals surface area contributed by atoms with Gasteiger partial charge in [-0.2, -0.15) is 44.0 Å². The molecule has 3 aromatic heterocycles. The predicted molar refractivity (Wildman–Crippen MR) is 279 cm³/mol. The number of thiazole rings is 1. The van der Waals surface area contributed by atoms with Crippen LogP contribution in [0.25, 0.3) is 37.7 Å². The number of nitrogens with zero attached hydrogens (tertiary/aromatic N) is 10. The van der Waals surface area contributed by atoms with Crippen molar-refractivity contribution in [1.29, 1.82) is 5.26 Å². The Balaban J connectivity index is 1.17. The zero-order valence-corrected chi connectivity index (χ0v) is 44.5. The number of nitriles is 1. The number of imidazole rings is 1. The normalized spacial score (nSPS) is 12.9. The summed E-state index contributed by atoms with van der Waals surface area (Å²) in [7, 11) is -18.1. The Morgan fingerprint density at radius 1 is 0.747 bits per heavy atom. The lowest BCUT2D eigenvalue weighted by atomic mass is 10.1. The second kappa shape index (κ2) is 21.2. The van der Waals surface area contributed by atoms with Gasteiger partial charge in [0.25, 0.3) is 40.5 Å². The van der Waals surface area contributed by atoms with Crippen LogP contribution in [0.15, 0.2) is 112 Å². The number of fused-ring (bicyclic) bond motifs is 6. The molecule has 0 saturated carbocycles. The summed E-state index contributed by atoms with van der Waals surface area (Å²) in [6, 6.07) is 18.5. The summed E-state index contributed by atoms with van der Waals surface area (Å²) in [6.45, 7) is 4.53. The van der Waals surface area contributed by atoms with Crippen LogP contribution in [0.4, 0.5) is 33.6 Å². The molecule has 5 aromatic carbocycles. The van der Waals surface area contributed by atoms with Gasteiger partial charge in [0.05, 0.1) is 55.9 Å². The average molecular weight is 1160 g/mol. The lowest BCUT2D eigenvalue weighted by molar-refractivity contribution is 0.317. The van der Waals surface area contributed by atoms with Crippen molar-refractivity contribution >= 4 is 146 Å². The molecule has 0 amide bonds. The lowest BCUT2D eigenvalue weighted by Gasteiger charge is -2.12. The number of halogens is 1. The number of azo groups is 3. The molecule has 0 spiro atoms. The maximum Gasteiger partial charge on any atom is 0.296 e. The Kier molecular flexibility index (Phi) is 15.4. The van der Waals surface area contributed by atoms with Crippen molar-refractivity contribution in [1.82, 2.24) is 14.4 Å². The third-order valence-corrected chi connectivity index (χ3v) is 16.9. The van der Waals surface area contributed by atoms with E-state index in [4.69, 9.17) is 16.3 Å². The smallest absolute Gasteiger partial charge is 0.296 e. The van der Waals surface area contributed by atoms with E-state index in [1.54, 1.807) is 50.2 Å². The molecule has 0 aliphatic carbocycles. The van der Waals surface area contributed by atoms with Crippen molar-refractivity contribution in [2.75, 3.05) is 23.9 Å². The molecule has 75 heavy (non-hydrogen) atoms. The molecule has 0 atom stereocenters. The molecule has 0 saturated heterocycles. The predicted octanol–water partition coefficient (Wildman–Crippen LogP) is 11.2. The number of hydrogen-bond donors (Lipinski definition) is 5. The number of hydrogen-bond acceptors (Lipinski definition) is 21. The molecule has 0 fully saturated rings. The average Bonchev–Trinajstić information content (AvgIpc) is 3.92. The van der Waals surface area contributed by atoms with E-state index in [9.17, 15) is 62.3 Å². The number of aromatic nitrogens is 3. The monoisotopic (exact) mass is 1160 g/mol. The van der Waals surface area contributed by atoms with E-state index in [0.29, 0.717) is 37.2 Å². The van der Waals surface area contributed by atoms with E-state index in [1.807, 2.05) is 6.07 Å².